The minimum Gasteiger partial charge on any atom is -0.452 e. The number of methoxy groups -OCH3 is 1. The fourth-order valence-electron chi connectivity index (χ4n) is 3.93. The molecule has 0 saturated carbocycles. The molecular weight excluding hydrogens is 406 g/mol. The van der Waals surface area contributed by atoms with Crippen molar-refractivity contribution in [3.05, 3.63) is 70.2 Å². The molecule has 2 aromatic carbocycles. The molecule has 0 bridgehead atoms. The number of nitrogens with zero attached hydrogens (tertiary/aromatic N) is 2. The Morgan fingerprint density at radius 3 is 2.50 bits per heavy atom. The highest BCUT2D eigenvalue weighted by Gasteiger charge is 2.61. The van der Waals surface area contributed by atoms with E-state index in [1.54, 1.807) is 48.5 Å². The number of benzene rings is 2. The third kappa shape index (κ3) is 2.50. The van der Waals surface area contributed by atoms with Gasteiger partial charge in [-0.25, -0.2) is 9.52 Å². The van der Waals surface area contributed by atoms with Crippen molar-refractivity contribution in [3.63, 3.8) is 0 Å². The molecule has 4 rings (SSSR count). The molecular formula is C18H16ClN3O5S. The van der Waals surface area contributed by atoms with Gasteiger partial charge < -0.3 is 9.64 Å². The van der Waals surface area contributed by atoms with Crippen LogP contribution in [-0.4, -0.2) is 49.8 Å². The molecule has 2 heterocycles. The molecule has 0 aromatic heterocycles. The van der Waals surface area contributed by atoms with E-state index in [1.807, 2.05) is 4.72 Å². The summed E-state index contributed by atoms with van der Waals surface area (Å²) in [5, 5.41) is 0.476. The smallest absolute Gasteiger partial charge is 0.421 e. The Kier molecular flexibility index (Phi) is 4.33. The lowest BCUT2D eigenvalue weighted by atomic mass is 9.91. The molecule has 1 fully saturated rings. The third-order valence-corrected chi connectivity index (χ3v) is 6.69. The van der Waals surface area contributed by atoms with Crippen LogP contribution in [0.2, 0.25) is 5.02 Å². The lowest BCUT2D eigenvalue weighted by molar-refractivity contribution is 0.0617. The molecule has 1 N–H and O–H groups in total. The molecule has 2 aliphatic heterocycles. The molecule has 2 aliphatic rings. The van der Waals surface area contributed by atoms with Crippen LogP contribution < -0.4 is 4.72 Å². The van der Waals surface area contributed by atoms with Gasteiger partial charge in [-0.3, -0.25) is 4.79 Å². The molecule has 2 aromatic rings. The third-order valence-electron chi connectivity index (χ3n) is 4.99. The second-order valence-corrected chi connectivity index (χ2v) is 8.38. The van der Waals surface area contributed by atoms with E-state index in [4.69, 9.17) is 11.6 Å². The monoisotopic (exact) mass is 421 g/mol. The zero-order chi connectivity index (χ0) is 20.1. The van der Waals surface area contributed by atoms with E-state index in [0.29, 0.717) is 21.7 Å². The second-order valence-electron chi connectivity index (χ2n) is 6.35. The number of amides is 2. The molecule has 8 nitrogen and oxygen atoms in total. The SMILES string of the molecule is COC(=O)NS(=O)(=O)N1CCN2C(=O)c3ccccc3C21c1ccc(Cl)cc1. The second kappa shape index (κ2) is 6.47. The van der Waals surface area contributed by atoms with Crippen LogP contribution in [0.4, 0.5) is 4.79 Å². The molecule has 0 aliphatic carbocycles. The predicted molar refractivity (Wildman–Crippen MR) is 101 cm³/mol. The first kappa shape index (κ1) is 18.7. The van der Waals surface area contributed by atoms with Gasteiger partial charge >= 0.3 is 16.3 Å². The van der Waals surface area contributed by atoms with Crippen molar-refractivity contribution >= 4 is 33.8 Å². The van der Waals surface area contributed by atoms with E-state index in [-0.39, 0.29) is 19.0 Å². The molecule has 0 spiro atoms. The number of carbonyl (C=O) groups is 2. The number of halogens is 1. The standard InChI is InChI=1S/C18H16ClN3O5S/c1-27-17(24)20-28(25,26)22-11-10-21-16(23)14-4-2-3-5-15(14)18(21,22)12-6-8-13(19)9-7-12/h2-9H,10-11H2,1H3,(H,20,24). The van der Waals surface area contributed by atoms with Crippen LogP contribution in [0.1, 0.15) is 21.5 Å². The van der Waals surface area contributed by atoms with Gasteiger partial charge in [-0.1, -0.05) is 41.9 Å². The van der Waals surface area contributed by atoms with Crippen molar-refractivity contribution < 1.29 is 22.7 Å². The van der Waals surface area contributed by atoms with Gasteiger partial charge in [-0.15, -0.1) is 4.31 Å². The van der Waals surface area contributed by atoms with Gasteiger partial charge in [-0.2, -0.15) is 8.42 Å². The summed E-state index contributed by atoms with van der Waals surface area (Å²) < 4.78 is 33.6. The van der Waals surface area contributed by atoms with E-state index in [2.05, 4.69) is 4.74 Å². The summed E-state index contributed by atoms with van der Waals surface area (Å²) in [6.45, 7) is 0.174. The Labute approximate surface area is 166 Å². The van der Waals surface area contributed by atoms with Crippen molar-refractivity contribution in [1.29, 1.82) is 0 Å². The molecule has 1 atom stereocenters. The maximum atomic E-state index is 13.1. The number of nitrogens with one attached hydrogen (secondary N) is 1. The van der Waals surface area contributed by atoms with Crippen molar-refractivity contribution in [2.24, 2.45) is 0 Å². The van der Waals surface area contributed by atoms with E-state index in [9.17, 15) is 18.0 Å². The van der Waals surface area contributed by atoms with Crippen LogP contribution in [0.25, 0.3) is 0 Å². The predicted octanol–water partition coefficient (Wildman–Crippen LogP) is 1.91. The number of carbonyl (C=O) groups excluding carboxylic acids is 2. The van der Waals surface area contributed by atoms with Crippen LogP contribution in [-0.2, 0) is 20.6 Å². The summed E-state index contributed by atoms with van der Waals surface area (Å²) >= 11 is 6.02. The minimum absolute atomic E-state index is 0.00896. The zero-order valence-electron chi connectivity index (χ0n) is 14.8. The van der Waals surface area contributed by atoms with Gasteiger partial charge in [0.2, 0.25) is 0 Å². The molecule has 2 amide bonds. The first-order chi connectivity index (χ1) is 13.3. The number of fused-ring (bicyclic) bond motifs is 3. The highest BCUT2D eigenvalue weighted by molar-refractivity contribution is 7.87. The maximum Gasteiger partial charge on any atom is 0.421 e. The van der Waals surface area contributed by atoms with Crippen LogP contribution in [0, 0.1) is 0 Å². The summed E-state index contributed by atoms with van der Waals surface area (Å²) in [4.78, 5) is 26.2. The largest absolute Gasteiger partial charge is 0.452 e. The summed E-state index contributed by atoms with van der Waals surface area (Å²) in [5.41, 5.74) is 0.0615. The Morgan fingerprint density at radius 2 is 1.82 bits per heavy atom. The van der Waals surface area contributed by atoms with Crippen LogP contribution in [0.15, 0.2) is 48.5 Å². The lowest BCUT2D eigenvalue weighted by Gasteiger charge is -2.39. The Balaban J connectivity index is 1.98. The van der Waals surface area contributed by atoms with Crippen molar-refractivity contribution in [2.75, 3.05) is 20.2 Å². The molecule has 0 radical (unpaired) electrons. The van der Waals surface area contributed by atoms with Gasteiger partial charge in [-0.05, 0) is 23.8 Å². The first-order valence-corrected chi connectivity index (χ1v) is 10.2. The van der Waals surface area contributed by atoms with Gasteiger partial charge in [0, 0.05) is 29.2 Å². The number of hydrogen-bond donors (Lipinski definition) is 1. The fourth-order valence-corrected chi connectivity index (χ4v) is 5.43. The first-order valence-electron chi connectivity index (χ1n) is 8.38. The molecule has 10 heteroatoms. The van der Waals surface area contributed by atoms with Crippen LogP contribution >= 0.6 is 11.6 Å². The summed E-state index contributed by atoms with van der Waals surface area (Å²) in [6.07, 6.45) is -1.11. The average Bonchev–Trinajstić information content (AvgIpc) is 3.19. The van der Waals surface area contributed by atoms with Crippen LogP contribution in [0.3, 0.4) is 0 Å². The van der Waals surface area contributed by atoms with Crippen LogP contribution in [0.5, 0.6) is 0 Å². The lowest BCUT2D eigenvalue weighted by Crippen LogP contribution is -2.55. The zero-order valence-corrected chi connectivity index (χ0v) is 16.3. The van der Waals surface area contributed by atoms with Crippen molar-refractivity contribution in [2.45, 2.75) is 5.66 Å². The van der Waals surface area contributed by atoms with Gasteiger partial charge in [0.1, 0.15) is 0 Å². The van der Waals surface area contributed by atoms with Crippen molar-refractivity contribution in [3.8, 4) is 0 Å². The Bertz CT molecular complexity index is 1070. The minimum atomic E-state index is -4.33. The van der Waals surface area contributed by atoms with Gasteiger partial charge in [0.15, 0.2) is 5.66 Å². The molecule has 1 unspecified atom stereocenters. The highest BCUT2D eigenvalue weighted by Crippen LogP contribution is 2.50. The van der Waals surface area contributed by atoms with Gasteiger partial charge in [0.25, 0.3) is 5.91 Å². The number of rotatable bonds is 3. The Morgan fingerprint density at radius 1 is 1.14 bits per heavy atom. The van der Waals surface area contributed by atoms with E-state index >= 15 is 0 Å². The highest BCUT2D eigenvalue weighted by atomic mass is 35.5. The normalized spacial score (nSPS) is 21.4. The summed E-state index contributed by atoms with van der Waals surface area (Å²) in [5.74, 6) is -0.277. The maximum absolute atomic E-state index is 13.1. The van der Waals surface area contributed by atoms with E-state index in [1.165, 1.54) is 4.90 Å². The Hall–Kier alpha value is -2.62. The quantitative estimate of drug-likeness (QED) is 0.816. The topological polar surface area (TPSA) is 96.0 Å². The molecule has 1 saturated heterocycles. The van der Waals surface area contributed by atoms with Gasteiger partial charge in [0.05, 0.1) is 7.11 Å². The molecule has 146 valence electrons. The van der Waals surface area contributed by atoms with Crippen molar-refractivity contribution in [1.82, 2.24) is 13.9 Å². The number of ether oxygens (including phenoxy) is 1. The molecule has 28 heavy (non-hydrogen) atoms. The fraction of sp³-hybridized carbons (Fsp3) is 0.222. The number of hydrogen-bond acceptors (Lipinski definition) is 5. The van der Waals surface area contributed by atoms with E-state index < -0.39 is 22.0 Å². The van der Waals surface area contributed by atoms with E-state index in [0.717, 1.165) is 11.4 Å². The average molecular weight is 422 g/mol. The summed E-state index contributed by atoms with van der Waals surface area (Å²) in [6, 6.07) is 13.5. The summed E-state index contributed by atoms with van der Waals surface area (Å²) in [7, 11) is -3.25.